The first kappa shape index (κ1) is 16.2. The van der Waals surface area contributed by atoms with Gasteiger partial charge in [-0.2, -0.15) is 10.2 Å². The van der Waals surface area contributed by atoms with Crippen LogP contribution in [0.3, 0.4) is 0 Å². The van der Waals surface area contributed by atoms with Crippen molar-refractivity contribution >= 4 is 17.5 Å². The highest BCUT2D eigenvalue weighted by atomic mass is 35.5. The molecule has 1 unspecified atom stereocenters. The molecular formula is C16H17ClN6O. The molecule has 24 heavy (non-hydrogen) atoms. The van der Waals surface area contributed by atoms with Crippen LogP contribution in [0.1, 0.15) is 23.7 Å². The van der Waals surface area contributed by atoms with E-state index in [-0.39, 0.29) is 11.9 Å². The lowest BCUT2D eigenvalue weighted by Crippen LogP contribution is -2.30. The third-order valence-electron chi connectivity index (χ3n) is 3.57. The van der Waals surface area contributed by atoms with Crippen LogP contribution in [-0.2, 0) is 18.4 Å². The van der Waals surface area contributed by atoms with Gasteiger partial charge >= 0.3 is 0 Å². The number of aromatic nitrogens is 5. The van der Waals surface area contributed by atoms with Crippen molar-refractivity contribution in [3.05, 3.63) is 65.5 Å². The number of rotatable bonds is 6. The van der Waals surface area contributed by atoms with Crippen LogP contribution in [0.5, 0.6) is 0 Å². The number of benzene rings is 1. The van der Waals surface area contributed by atoms with E-state index in [1.165, 1.54) is 6.33 Å². The second-order valence-electron chi connectivity index (χ2n) is 5.37. The maximum atomic E-state index is 12.3. The van der Waals surface area contributed by atoms with Gasteiger partial charge in [0.1, 0.15) is 12.7 Å². The van der Waals surface area contributed by atoms with Crippen molar-refractivity contribution < 1.29 is 4.79 Å². The Morgan fingerprint density at radius 2 is 2.08 bits per heavy atom. The van der Waals surface area contributed by atoms with Gasteiger partial charge in [-0.3, -0.25) is 14.2 Å². The number of hydrogen-bond acceptors (Lipinski definition) is 4. The quantitative estimate of drug-likeness (QED) is 0.741. The van der Waals surface area contributed by atoms with E-state index in [2.05, 4.69) is 20.5 Å². The fourth-order valence-corrected chi connectivity index (χ4v) is 2.49. The Kier molecular flexibility index (Phi) is 4.90. The largest absolute Gasteiger partial charge is 0.343 e. The monoisotopic (exact) mass is 344 g/mol. The lowest BCUT2D eigenvalue weighted by molar-refractivity contribution is -0.121. The highest BCUT2D eigenvalue weighted by Crippen LogP contribution is 2.22. The molecule has 124 valence electrons. The lowest BCUT2D eigenvalue weighted by atomic mass is 10.0. The van der Waals surface area contributed by atoms with Gasteiger partial charge in [0.15, 0.2) is 0 Å². The molecule has 0 spiro atoms. The molecule has 1 aromatic carbocycles. The molecule has 3 rings (SSSR count). The number of hydrogen-bond donors (Lipinski definition) is 1. The Morgan fingerprint density at radius 3 is 2.71 bits per heavy atom. The summed E-state index contributed by atoms with van der Waals surface area (Å²) in [5, 5.41) is 12.1. The zero-order valence-corrected chi connectivity index (χ0v) is 13.9. The van der Waals surface area contributed by atoms with Crippen LogP contribution in [0.15, 0.2) is 49.2 Å². The van der Waals surface area contributed by atoms with E-state index in [0.29, 0.717) is 18.0 Å². The fourth-order valence-electron chi connectivity index (χ4n) is 2.37. The highest BCUT2D eigenvalue weighted by molar-refractivity contribution is 6.30. The molecule has 0 fully saturated rings. The van der Waals surface area contributed by atoms with Crippen molar-refractivity contribution in [3.8, 4) is 0 Å². The SMILES string of the molecule is Cn1ccc(C(NC(=O)CCn2cncn2)c2ccc(Cl)cc2)n1. The van der Waals surface area contributed by atoms with Gasteiger partial charge in [-0.05, 0) is 23.8 Å². The number of carbonyl (C=O) groups excluding carboxylic acids is 1. The highest BCUT2D eigenvalue weighted by Gasteiger charge is 2.19. The zero-order valence-electron chi connectivity index (χ0n) is 13.1. The molecule has 0 aliphatic heterocycles. The number of amides is 1. The average molecular weight is 345 g/mol. The van der Waals surface area contributed by atoms with Gasteiger partial charge < -0.3 is 5.32 Å². The maximum Gasteiger partial charge on any atom is 0.222 e. The first-order chi connectivity index (χ1) is 11.6. The van der Waals surface area contributed by atoms with Crippen LogP contribution in [-0.4, -0.2) is 30.5 Å². The van der Waals surface area contributed by atoms with Gasteiger partial charge in [0.2, 0.25) is 5.91 Å². The predicted octanol–water partition coefficient (Wildman–Crippen LogP) is 1.96. The van der Waals surface area contributed by atoms with Gasteiger partial charge in [0, 0.05) is 24.7 Å². The molecule has 1 amide bonds. The number of halogens is 1. The van der Waals surface area contributed by atoms with E-state index in [4.69, 9.17) is 11.6 Å². The molecule has 3 aromatic rings. The molecule has 0 saturated heterocycles. The van der Waals surface area contributed by atoms with Gasteiger partial charge in [0.25, 0.3) is 0 Å². The molecule has 0 aliphatic rings. The summed E-state index contributed by atoms with van der Waals surface area (Å²) in [6, 6.07) is 8.94. The summed E-state index contributed by atoms with van der Waals surface area (Å²) >= 11 is 5.96. The van der Waals surface area contributed by atoms with E-state index >= 15 is 0 Å². The van der Waals surface area contributed by atoms with E-state index in [1.807, 2.05) is 31.4 Å². The van der Waals surface area contributed by atoms with E-state index in [0.717, 1.165) is 11.3 Å². The van der Waals surface area contributed by atoms with Gasteiger partial charge in [0.05, 0.1) is 18.3 Å². The Labute approximate surface area is 144 Å². The summed E-state index contributed by atoms with van der Waals surface area (Å²) in [4.78, 5) is 16.2. The van der Waals surface area contributed by atoms with E-state index in [1.54, 1.807) is 27.8 Å². The average Bonchev–Trinajstić information content (AvgIpc) is 3.23. The Bertz CT molecular complexity index is 796. The molecular weight excluding hydrogens is 328 g/mol. The summed E-state index contributed by atoms with van der Waals surface area (Å²) in [5.41, 5.74) is 1.70. The Balaban J connectivity index is 1.74. The van der Waals surface area contributed by atoms with Crippen LogP contribution in [0.4, 0.5) is 0 Å². The van der Waals surface area contributed by atoms with Crippen molar-refractivity contribution in [1.29, 1.82) is 0 Å². The number of carbonyl (C=O) groups is 1. The zero-order chi connectivity index (χ0) is 16.9. The minimum atomic E-state index is -0.327. The summed E-state index contributed by atoms with van der Waals surface area (Å²) in [5.74, 6) is -0.0869. The summed E-state index contributed by atoms with van der Waals surface area (Å²) in [6.45, 7) is 0.474. The molecule has 1 atom stereocenters. The molecule has 2 aromatic heterocycles. The fraction of sp³-hybridized carbons (Fsp3) is 0.250. The summed E-state index contributed by atoms with van der Waals surface area (Å²) in [7, 11) is 1.84. The number of nitrogens with zero attached hydrogens (tertiary/aromatic N) is 5. The Hall–Kier alpha value is -2.67. The van der Waals surface area contributed by atoms with Crippen molar-refractivity contribution in [2.45, 2.75) is 19.0 Å². The lowest BCUT2D eigenvalue weighted by Gasteiger charge is -2.17. The van der Waals surface area contributed by atoms with Crippen LogP contribution in [0.25, 0.3) is 0 Å². The van der Waals surface area contributed by atoms with Crippen LogP contribution in [0.2, 0.25) is 5.02 Å². The molecule has 0 radical (unpaired) electrons. The number of nitrogens with one attached hydrogen (secondary N) is 1. The third kappa shape index (κ3) is 3.99. The molecule has 7 nitrogen and oxygen atoms in total. The van der Waals surface area contributed by atoms with Crippen molar-refractivity contribution in [2.75, 3.05) is 0 Å². The second kappa shape index (κ2) is 7.27. The summed E-state index contributed by atoms with van der Waals surface area (Å²) < 4.78 is 3.33. The van der Waals surface area contributed by atoms with Crippen LogP contribution in [0, 0.1) is 0 Å². The topological polar surface area (TPSA) is 77.6 Å². The molecule has 0 saturated carbocycles. The number of aryl methyl sites for hydroxylation is 2. The minimum Gasteiger partial charge on any atom is -0.343 e. The minimum absolute atomic E-state index is 0.0869. The molecule has 1 N–H and O–H groups in total. The molecule has 0 bridgehead atoms. The van der Waals surface area contributed by atoms with Crippen molar-refractivity contribution in [3.63, 3.8) is 0 Å². The third-order valence-corrected chi connectivity index (χ3v) is 3.83. The summed E-state index contributed by atoms with van der Waals surface area (Å²) in [6.07, 6.45) is 5.19. The normalized spacial score (nSPS) is 12.1. The smallest absolute Gasteiger partial charge is 0.222 e. The maximum absolute atomic E-state index is 12.3. The predicted molar refractivity (Wildman–Crippen MR) is 89.3 cm³/mol. The van der Waals surface area contributed by atoms with Gasteiger partial charge in [-0.15, -0.1) is 0 Å². The van der Waals surface area contributed by atoms with Crippen molar-refractivity contribution in [2.24, 2.45) is 7.05 Å². The van der Waals surface area contributed by atoms with Crippen molar-refractivity contribution in [1.82, 2.24) is 29.9 Å². The van der Waals surface area contributed by atoms with Crippen LogP contribution < -0.4 is 5.32 Å². The first-order valence-corrected chi connectivity index (χ1v) is 7.86. The van der Waals surface area contributed by atoms with Crippen LogP contribution >= 0.6 is 11.6 Å². The molecule has 0 aliphatic carbocycles. The molecule has 8 heteroatoms. The van der Waals surface area contributed by atoms with E-state index in [9.17, 15) is 4.79 Å². The van der Waals surface area contributed by atoms with E-state index < -0.39 is 0 Å². The first-order valence-electron chi connectivity index (χ1n) is 7.48. The second-order valence-corrected chi connectivity index (χ2v) is 5.81. The molecule has 2 heterocycles. The Morgan fingerprint density at radius 1 is 1.29 bits per heavy atom. The standard InChI is InChI=1S/C16H17ClN6O/c1-22-8-6-14(21-22)16(12-2-4-13(17)5-3-12)20-15(24)7-9-23-11-18-10-19-23/h2-6,8,10-11,16H,7,9H2,1H3,(H,20,24). The van der Waals surface area contributed by atoms with Gasteiger partial charge in [-0.25, -0.2) is 4.98 Å². The van der Waals surface area contributed by atoms with Gasteiger partial charge in [-0.1, -0.05) is 23.7 Å².